The maximum Gasteiger partial charge on any atom is 0.248 e. The minimum atomic E-state index is -4.09. The number of sulfonamides is 1. The van der Waals surface area contributed by atoms with Gasteiger partial charge in [-0.2, -0.15) is 4.72 Å². The second-order valence-corrected chi connectivity index (χ2v) is 7.12. The van der Waals surface area contributed by atoms with Gasteiger partial charge in [0.25, 0.3) is 0 Å². The molecule has 1 N–H and O–H groups in total. The van der Waals surface area contributed by atoms with E-state index in [9.17, 15) is 22.4 Å². The zero-order chi connectivity index (χ0) is 16.7. The van der Waals surface area contributed by atoms with Crippen LogP contribution in [0.15, 0.2) is 23.1 Å². The Hall–Kier alpha value is -1.80. The van der Waals surface area contributed by atoms with Crippen LogP contribution in [-0.4, -0.2) is 37.2 Å². The molecule has 2 rings (SSSR count). The summed E-state index contributed by atoms with van der Waals surface area (Å²) in [4.78, 5) is 24.7. The van der Waals surface area contributed by atoms with Gasteiger partial charge in [-0.1, -0.05) is 6.07 Å². The first kappa shape index (κ1) is 16.6. The molecule has 120 valence electrons. The largest absolute Gasteiger partial charge is 0.279 e. The Morgan fingerprint density at radius 2 is 1.95 bits per heavy atom. The normalized spacial score (nSPS) is 19.3. The highest BCUT2D eigenvalue weighted by molar-refractivity contribution is 7.89. The number of amides is 2. The molecular weight excluding hydrogens is 311 g/mol. The van der Waals surface area contributed by atoms with E-state index >= 15 is 0 Å². The minimum absolute atomic E-state index is 0.0347. The van der Waals surface area contributed by atoms with Crippen LogP contribution in [0.3, 0.4) is 0 Å². The SMILES string of the molecule is Cc1c(F)cccc1S(=O)(=O)NC1CC(=O)N(C(C)C)C1=O. The molecule has 1 heterocycles. The maximum absolute atomic E-state index is 13.5. The minimum Gasteiger partial charge on any atom is -0.279 e. The average Bonchev–Trinajstić information content (AvgIpc) is 2.66. The van der Waals surface area contributed by atoms with Crippen LogP contribution in [0.5, 0.6) is 0 Å². The van der Waals surface area contributed by atoms with Crippen LogP contribution in [-0.2, 0) is 19.6 Å². The summed E-state index contributed by atoms with van der Waals surface area (Å²) in [6.45, 7) is 4.68. The molecule has 1 fully saturated rings. The van der Waals surface area contributed by atoms with Crippen molar-refractivity contribution in [2.24, 2.45) is 0 Å². The molecule has 0 aliphatic carbocycles. The molecule has 0 spiro atoms. The van der Waals surface area contributed by atoms with Crippen molar-refractivity contribution in [3.8, 4) is 0 Å². The highest BCUT2D eigenvalue weighted by Crippen LogP contribution is 2.21. The third-order valence-corrected chi connectivity index (χ3v) is 5.12. The lowest BCUT2D eigenvalue weighted by atomic mass is 10.2. The zero-order valence-corrected chi connectivity index (χ0v) is 13.3. The topological polar surface area (TPSA) is 83.6 Å². The maximum atomic E-state index is 13.5. The van der Waals surface area contributed by atoms with E-state index in [1.807, 2.05) is 0 Å². The molecule has 0 aromatic heterocycles. The molecule has 6 nitrogen and oxygen atoms in total. The van der Waals surface area contributed by atoms with Crippen LogP contribution < -0.4 is 4.72 Å². The van der Waals surface area contributed by atoms with Gasteiger partial charge in [0.2, 0.25) is 21.8 Å². The summed E-state index contributed by atoms with van der Waals surface area (Å²) in [7, 11) is -4.09. The smallest absolute Gasteiger partial charge is 0.248 e. The highest BCUT2D eigenvalue weighted by atomic mass is 32.2. The number of halogens is 1. The molecule has 0 bridgehead atoms. The molecule has 1 unspecified atom stereocenters. The van der Waals surface area contributed by atoms with Crippen molar-refractivity contribution < 1.29 is 22.4 Å². The Labute approximate surface area is 128 Å². The lowest BCUT2D eigenvalue weighted by Gasteiger charge is -2.19. The van der Waals surface area contributed by atoms with Crippen molar-refractivity contribution in [1.82, 2.24) is 9.62 Å². The molecule has 0 radical (unpaired) electrons. The lowest BCUT2D eigenvalue weighted by Crippen LogP contribution is -2.43. The van der Waals surface area contributed by atoms with E-state index in [-0.39, 0.29) is 22.9 Å². The molecule has 0 saturated carbocycles. The number of imide groups is 1. The molecule has 2 amide bonds. The molecule has 1 aliphatic heterocycles. The molecule has 1 aliphatic rings. The Bertz CT molecular complexity index is 730. The van der Waals surface area contributed by atoms with Gasteiger partial charge in [-0.15, -0.1) is 0 Å². The lowest BCUT2D eigenvalue weighted by molar-refractivity contribution is -0.140. The summed E-state index contributed by atoms with van der Waals surface area (Å²) < 4.78 is 40.4. The van der Waals surface area contributed by atoms with E-state index in [2.05, 4.69) is 4.72 Å². The quantitative estimate of drug-likeness (QED) is 0.834. The van der Waals surface area contributed by atoms with Crippen molar-refractivity contribution in [3.63, 3.8) is 0 Å². The number of carbonyl (C=O) groups is 2. The molecule has 1 aromatic rings. The number of benzene rings is 1. The summed E-state index contributed by atoms with van der Waals surface area (Å²) >= 11 is 0. The van der Waals surface area contributed by atoms with Crippen LogP contribution >= 0.6 is 0 Å². The third kappa shape index (κ3) is 2.89. The van der Waals surface area contributed by atoms with Crippen molar-refractivity contribution >= 4 is 21.8 Å². The molecule has 1 saturated heterocycles. The summed E-state index contributed by atoms with van der Waals surface area (Å²) in [6, 6.07) is 2.19. The summed E-state index contributed by atoms with van der Waals surface area (Å²) in [6.07, 6.45) is -0.232. The van der Waals surface area contributed by atoms with Crippen molar-refractivity contribution in [3.05, 3.63) is 29.6 Å². The van der Waals surface area contributed by atoms with Gasteiger partial charge in [-0.3, -0.25) is 14.5 Å². The predicted molar refractivity (Wildman–Crippen MR) is 76.9 cm³/mol. The Balaban J connectivity index is 2.29. The third-order valence-electron chi connectivity index (χ3n) is 3.50. The van der Waals surface area contributed by atoms with Gasteiger partial charge in [0.05, 0.1) is 11.3 Å². The number of nitrogens with one attached hydrogen (secondary N) is 1. The Morgan fingerprint density at radius 1 is 1.32 bits per heavy atom. The summed E-state index contributed by atoms with van der Waals surface area (Å²) in [5.74, 6) is -1.66. The highest BCUT2D eigenvalue weighted by Gasteiger charge is 2.42. The first-order valence-corrected chi connectivity index (χ1v) is 8.27. The van der Waals surface area contributed by atoms with Crippen LogP contribution in [0.4, 0.5) is 4.39 Å². The van der Waals surface area contributed by atoms with Crippen LogP contribution in [0.1, 0.15) is 25.8 Å². The van der Waals surface area contributed by atoms with Gasteiger partial charge in [0.1, 0.15) is 11.9 Å². The first-order valence-electron chi connectivity index (χ1n) is 6.78. The Kier molecular flexibility index (Phi) is 4.35. The predicted octanol–water partition coefficient (Wildman–Crippen LogP) is 0.948. The second kappa shape index (κ2) is 5.77. The fraction of sp³-hybridized carbons (Fsp3) is 0.429. The monoisotopic (exact) mass is 328 g/mol. The van der Waals surface area contributed by atoms with E-state index in [1.54, 1.807) is 13.8 Å². The van der Waals surface area contributed by atoms with Crippen LogP contribution in [0.25, 0.3) is 0 Å². The van der Waals surface area contributed by atoms with E-state index in [1.165, 1.54) is 19.1 Å². The fourth-order valence-electron chi connectivity index (χ4n) is 2.42. The standard InChI is InChI=1S/C14H17FN2O4S/c1-8(2)17-13(18)7-11(14(17)19)16-22(20,21)12-6-4-5-10(15)9(12)3/h4-6,8,11,16H,7H2,1-3H3. The number of hydrogen-bond acceptors (Lipinski definition) is 4. The fourth-order valence-corrected chi connectivity index (χ4v) is 3.86. The molecule has 1 aromatic carbocycles. The number of nitrogens with zero attached hydrogens (tertiary/aromatic N) is 1. The van der Waals surface area contributed by atoms with Crippen LogP contribution in [0.2, 0.25) is 0 Å². The first-order chi connectivity index (χ1) is 10.1. The van der Waals surface area contributed by atoms with Gasteiger partial charge in [0, 0.05) is 11.6 Å². The van der Waals surface area contributed by atoms with Crippen molar-refractivity contribution in [2.75, 3.05) is 0 Å². The van der Waals surface area contributed by atoms with Crippen LogP contribution in [0, 0.1) is 12.7 Å². The van der Waals surface area contributed by atoms with Gasteiger partial charge >= 0.3 is 0 Å². The average molecular weight is 328 g/mol. The zero-order valence-electron chi connectivity index (χ0n) is 12.5. The molecule has 22 heavy (non-hydrogen) atoms. The van der Waals surface area contributed by atoms with Gasteiger partial charge < -0.3 is 0 Å². The van der Waals surface area contributed by atoms with Gasteiger partial charge in [-0.25, -0.2) is 12.8 Å². The van der Waals surface area contributed by atoms with E-state index in [0.29, 0.717) is 0 Å². The van der Waals surface area contributed by atoms with E-state index < -0.39 is 33.7 Å². The number of hydrogen-bond donors (Lipinski definition) is 1. The number of carbonyl (C=O) groups excluding carboxylic acids is 2. The Morgan fingerprint density at radius 3 is 2.50 bits per heavy atom. The number of likely N-dealkylation sites (tertiary alicyclic amines) is 1. The van der Waals surface area contributed by atoms with E-state index in [4.69, 9.17) is 0 Å². The van der Waals surface area contributed by atoms with E-state index in [0.717, 1.165) is 11.0 Å². The van der Waals surface area contributed by atoms with Gasteiger partial charge in [-0.05, 0) is 32.9 Å². The van der Waals surface area contributed by atoms with Crippen molar-refractivity contribution in [2.45, 2.75) is 44.2 Å². The molecule has 8 heteroatoms. The number of rotatable bonds is 4. The molecular formula is C14H17FN2O4S. The second-order valence-electron chi connectivity index (χ2n) is 5.44. The summed E-state index contributed by atoms with van der Waals surface area (Å²) in [5, 5.41) is 0. The van der Waals surface area contributed by atoms with Crippen molar-refractivity contribution in [1.29, 1.82) is 0 Å². The summed E-state index contributed by atoms with van der Waals surface area (Å²) in [5.41, 5.74) is -0.0347. The van der Waals surface area contributed by atoms with Gasteiger partial charge in [0.15, 0.2) is 0 Å². The molecule has 1 atom stereocenters.